The van der Waals surface area contributed by atoms with Crippen molar-refractivity contribution >= 4 is 11.7 Å². The van der Waals surface area contributed by atoms with Gasteiger partial charge < -0.3 is 10.6 Å². The summed E-state index contributed by atoms with van der Waals surface area (Å²) in [7, 11) is 0. The Morgan fingerprint density at radius 1 is 0.933 bits per heavy atom. The second-order valence-electron chi connectivity index (χ2n) is 6.66. The number of carbonyl (C=O) groups is 1. The zero-order valence-electron chi connectivity index (χ0n) is 16.1. The van der Waals surface area contributed by atoms with E-state index in [1.54, 1.807) is 29.2 Å². The molecule has 150 valence electrons. The SMILES string of the molecule is O=C(NCc1ccc(-n2cccn2)cc1)Nc1cccc(Cn2cccnc2=O)c1. The molecule has 0 saturated carbocycles. The molecule has 0 atom stereocenters. The Morgan fingerprint density at radius 3 is 2.53 bits per heavy atom. The van der Waals surface area contributed by atoms with Gasteiger partial charge >= 0.3 is 11.7 Å². The monoisotopic (exact) mass is 400 g/mol. The molecular formula is C22H20N6O2. The van der Waals surface area contributed by atoms with Crippen LogP contribution in [0.3, 0.4) is 0 Å². The summed E-state index contributed by atoms with van der Waals surface area (Å²) in [6.45, 7) is 0.780. The standard InChI is InChI=1S/C22H20N6O2/c29-21(24-15-17-6-8-20(9-7-17)28-13-3-11-25-28)26-19-5-1-4-18(14-19)16-27-12-2-10-23-22(27)30/h1-14H,15-16H2,(H2,24,26,29). The maximum Gasteiger partial charge on any atom is 0.347 e. The molecule has 30 heavy (non-hydrogen) atoms. The topological polar surface area (TPSA) is 93.8 Å². The van der Waals surface area contributed by atoms with Crippen molar-refractivity contribution in [2.24, 2.45) is 0 Å². The van der Waals surface area contributed by atoms with Crippen molar-refractivity contribution in [2.45, 2.75) is 13.1 Å². The minimum atomic E-state index is -0.313. The van der Waals surface area contributed by atoms with Gasteiger partial charge in [0.25, 0.3) is 0 Å². The maximum absolute atomic E-state index is 12.3. The summed E-state index contributed by atoms with van der Waals surface area (Å²) in [5, 5.41) is 9.85. The number of hydrogen-bond donors (Lipinski definition) is 2. The molecule has 0 saturated heterocycles. The third kappa shape index (κ3) is 4.79. The summed E-state index contributed by atoms with van der Waals surface area (Å²) in [5.74, 6) is 0. The van der Waals surface area contributed by atoms with Gasteiger partial charge in [-0.15, -0.1) is 0 Å². The van der Waals surface area contributed by atoms with Crippen LogP contribution in [0.4, 0.5) is 10.5 Å². The quantitative estimate of drug-likeness (QED) is 0.520. The minimum Gasteiger partial charge on any atom is -0.334 e. The highest BCUT2D eigenvalue weighted by molar-refractivity contribution is 5.89. The van der Waals surface area contributed by atoms with Gasteiger partial charge in [-0.2, -0.15) is 5.10 Å². The van der Waals surface area contributed by atoms with E-state index in [-0.39, 0.29) is 11.7 Å². The van der Waals surface area contributed by atoms with Crippen LogP contribution >= 0.6 is 0 Å². The van der Waals surface area contributed by atoms with Gasteiger partial charge in [-0.1, -0.05) is 24.3 Å². The summed E-state index contributed by atoms with van der Waals surface area (Å²) in [4.78, 5) is 27.8. The first kappa shape index (κ1) is 19.1. The number of nitrogens with zero attached hydrogens (tertiary/aromatic N) is 4. The Balaban J connectivity index is 1.33. The van der Waals surface area contributed by atoms with Crippen LogP contribution in [0.5, 0.6) is 0 Å². The Kier molecular flexibility index (Phi) is 5.66. The van der Waals surface area contributed by atoms with Gasteiger partial charge in [0.2, 0.25) is 0 Å². The fraction of sp³-hybridized carbons (Fsp3) is 0.0909. The van der Waals surface area contributed by atoms with E-state index in [0.717, 1.165) is 16.8 Å². The number of urea groups is 1. The van der Waals surface area contributed by atoms with Crippen LogP contribution < -0.4 is 16.3 Å². The van der Waals surface area contributed by atoms with E-state index in [1.165, 1.54) is 10.8 Å². The molecule has 0 unspecified atom stereocenters. The lowest BCUT2D eigenvalue weighted by Gasteiger charge is -2.10. The Morgan fingerprint density at radius 2 is 1.77 bits per heavy atom. The van der Waals surface area contributed by atoms with Crippen LogP contribution in [0, 0.1) is 0 Å². The molecule has 2 aromatic heterocycles. The molecule has 2 N–H and O–H groups in total. The van der Waals surface area contributed by atoms with E-state index in [1.807, 2.05) is 54.7 Å². The molecule has 2 amide bonds. The van der Waals surface area contributed by atoms with Gasteiger partial charge in [-0.05, 0) is 47.5 Å². The normalized spacial score (nSPS) is 10.5. The lowest BCUT2D eigenvalue weighted by Crippen LogP contribution is -2.28. The lowest BCUT2D eigenvalue weighted by molar-refractivity contribution is 0.251. The summed E-state index contributed by atoms with van der Waals surface area (Å²) in [6, 6.07) is 18.4. The van der Waals surface area contributed by atoms with Crippen molar-refractivity contribution in [1.82, 2.24) is 24.6 Å². The second-order valence-corrected chi connectivity index (χ2v) is 6.66. The van der Waals surface area contributed by atoms with Gasteiger partial charge in [0.1, 0.15) is 0 Å². The molecule has 0 aliphatic heterocycles. The molecule has 4 aromatic rings. The highest BCUT2D eigenvalue weighted by Crippen LogP contribution is 2.12. The Labute approximate surface area is 172 Å². The first-order valence-electron chi connectivity index (χ1n) is 9.41. The molecule has 0 aliphatic carbocycles. The van der Waals surface area contributed by atoms with Crippen molar-refractivity contribution < 1.29 is 4.79 Å². The van der Waals surface area contributed by atoms with Crippen LogP contribution in [0.25, 0.3) is 5.69 Å². The highest BCUT2D eigenvalue weighted by Gasteiger charge is 2.05. The van der Waals surface area contributed by atoms with Crippen molar-refractivity contribution in [3.63, 3.8) is 0 Å². The van der Waals surface area contributed by atoms with Crippen molar-refractivity contribution in [3.05, 3.63) is 107 Å². The van der Waals surface area contributed by atoms with E-state index in [9.17, 15) is 9.59 Å². The number of benzene rings is 2. The fourth-order valence-electron chi connectivity index (χ4n) is 3.00. The van der Waals surface area contributed by atoms with Gasteiger partial charge in [-0.3, -0.25) is 4.57 Å². The first-order valence-corrected chi connectivity index (χ1v) is 9.41. The van der Waals surface area contributed by atoms with Crippen LogP contribution in [0.2, 0.25) is 0 Å². The summed E-state index contributed by atoms with van der Waals surface area (Å²) in [5.41, 5.74) is 3.16. The Bertz CT molecular complexity index is 1180. The van der Waals surface area contributed by atoms with Crippen molar-refractivity contribution in [2.75, 3.05) is 5.32 Å². The van der Waals surface area contributed by atoms with Crippen molar-refractivity contribution in [3.8, 4) is 5.69 Å². The molecular weight excluding hydrogens is 380 g/mol. The number of amides is 2. The third-order valence-electron chi connectivity index (χ3n) is 4.48. The van der Waals surface area contributed by atoms with Crippen LogP contribution in [0.1, 0.15) is 11.1 Å². The average molecular weight is 400 g/mol. The van der Waals surface area contributed by atoms with Crippen LogP contribution in [-0.2, 0) is 13.1 Å². The lowest BCUT2D eigenvalue weighted by atomic mass is 10.2. The number of carbonyl (C=O) groups excluding carboxylic acids is 1. The molecule has 8 heteroatoms. The van der Waals surface area contributed by atoms with E-state index < -0.39 is 0 Å². The maximum atomic E-state index is 12.3. The summed E-state index contributed by atoms with van der Waals surface area (Å²) in [6.07, 6.45) is 6.75. The number of aromatic nitrogens is 4. The highest BCUT2D eigenvalue weighted by atomic mass is 16.2. The fourth-order valence-corrected chi connectivity index (χ4v) is 3.00. The van der Waals surface area contributed by atoms with Gasteiger partial charge in [-0.25, -0.2) is 19.3 Å². The largest absolute Gasteiger partial charge is 0.347 e. The number of anilines is 1. The molecule has 2 aromatic carbocycles. The molecule has 8 nitrogen and oxygen atoms in total. The third-order valence-corrected chi connectivity index (χ3v) is 4.48. The number of hydrogen-bond acceptors (Lipinski definition) is 4. The van der Waals surface area contributed by atoms with E-state index in [4.69, 9.17) is 0 Å². The number of rotatable bonds is 6. The molecule has 0 bridgehead atoms. The van der Waals surface area contributed by atoms with E-state index in [0.29, 0.717) is 18.8 Å². The average Bonchev–Trinajstić information content (AvgIpc) is 3.30. The summed E-state index contributed by atoms with van der Waals surface area (Å²) >= 11 is 0. The van der Waals surface area contributed by atoms with E-state index in [2.05, 4.69) is 20.7 Å². The first-order chi connectivity index (χ1) is 14.7. The zero-order valence-corrected chi connectivity index (χ0v) is 16.1. The van der Waals surface area contributed by atoms with Crippen LogP contribution in [0.15, 0.2) is 90.2 Å². The summed E-state index contributed by atoms with van der Waals surface area (Å²) < 4.78 is 3.28. The molecule has 0 radical (unpaired) electrons. The van der Waals surface area contributed by atoms with Gasteiger partial charge in [0, 0.05) is 37.0 Å². The zero-order chi connectivity index (χ0) is 20.8. The smallest absolute Gasteiger partial charge is 0.334 e. The molecule has 4 rings (SSSR count). The number of nitrogens with one attached hydrogen (secondary N) is 2. The van der Waals surface area contributed by atoms with E-state index >= 15 is 0 Å². The molecule has 0 aliphatic rings. The molecule has 0 fully saturated rings. The second kappa shape index (κ2) is 8.87. The predicted molar refractivity (Wildman–Crippen MR) is 113 cm³/mol. The van der Waals surface area contributed by atoms with Gasteiger partial charge in [0.15, 0.2) is 0 Å². The predicted octanol–water partition coefficient (Wildman–Crippen LogP) is 2.80. The van der Waals surface area contributed by atoms with Crippen LogP contribution in [-0.4, -0.2) is 25.4 Å². The van der Waals surface area contributed by atoms with Crippen molar-refractivity contribution in [1.29, 1.82) is 0 Å². The Hall–Kier alpha value is -4.20. The van der Waals surface area contributed by atoms with Gasteiger partial charge in [0.05, 0.1) is 12.2 Å². The molecule has 2 heterocycles. The minimum absolute atomic E-state index is 0.304. The molecule has 0 spiro atoms.